The monoisotopic (exact) mass is 649 g/mol. The van der Waals surface area contributed by atoms with Crippen molar-refractivity contribution in [1.29, 1.82) is 0 Å². The normalized spacial score (nSPS) is 12.2. The van der Waals surface area contributed by atoms with Gasteiger partial charge in [-0.3, -0.25) is 9.56 Å². The molecular formula is C43H32N5P. The van der Waals surface area contributed by atoms with Crippen LogP contribution >= 0.6 is 9.24 Å². The first-order valence-corrected chi connectivity index (χ1v) is 17.0. The van der Waals surface area contributed by atoms with Crippen molar-refractivity contribution in [1.82, 2.24) is 14.5 Å². The summed E-state index contributed by atoms with van der Waals surface area (Å²) in [5.74, 6) is 0.630. The number of aromatic nitrogens is 3. The standard InChI is InChI=1S/C43H32N5P/c1-27-15-17-28(18-16-27)36-25-37(29-19-21-31(49)22-20-29)46-43(45-36)48-38-13-7-5-11-33(38)34-23-24-40-41(42(34)48)32-10-4-3-9-30(32)26-47(40)39-14-8-6-12-35(39)44-2/h3-25H,2,26,49H2,1H3. The third kappa shape index (κ3) is 4.85. The summed E-state index contributed by atoms with van der Waals surface area (Å²) < 4.78 is 2.27. The van der Waals surface area contributed by atoms with Crippen LogP contribution in [0.5, 0.6) is 0 Å². The number of fused-ring (bicyclic) bond motifs is 7. The average molecular weight is 650 g/mol. The summed E-state index contributed by atoms with van der Waals surface area (Å²) in [6.07, 6.45) is 0. The van der Waals surface area contributed by atoms with Gasteiger partial charge in [-0.1, -0.05) is 115 Å². The second-order valence-corrected chi connectivity index (χ2v) is 13.2. The number of hydrogen-bond donors (Lipinski definition) is 0. The summed E-state index contributed by atoms with van der Waals surface area (Å²) in [4.78, 5) is 17.4. The van der Waals surface area contributed by atoms with E-state index < -0.39 is 0 Å². The highest BCUT2D eigenvalue weighted by atomic mass is 31.0. The fourth-order valence-corrected chi connectivity index (χ4v) is 7.34. The van der Waals surface area contributed by atoms with Gasteiger partial charge in [0.2, 0.25) is 5.95 Å². The Balaban J connectivity index is 1.40. The fourth-order valence-electron chi connectivity index (χ4n) is 7.15. The Morgan fingerprint density at radius 1 is 0.673 bits per heavy atom. The van der Waals surface area contributed by atoms with Crippen LogP contribution in [-0.4, -0.2) is 21.3 Å². The molecule has 0 fully saturated rings. The summed E-state index contributed by atoms with van der Waals surface area (Å²) in [6, 6.07) is 49.1. The Labute approximate surface area is 287 Å². The fraction of sp³-hybridized carbons (Fsp3) is 0.0465. The van der Waals surface area contributed by atoms with Gasteiger partial charge in [0.15, 0.2) is 0 Å². The lowest BCUT2D eigenvalue weighted by atomic mass is 9.91. The van der Waals surface area contributed by atoms with Gasteiger partial charge in [0.25, 0.3) is 0 Å². The average Bonchev–Trinajstić information content (AvgIpc) is 3.49. The number of benzene rings is 6. The number of hydrogen-bond acceptors (Lipinski definition) is 4. The molecule has 6 heteroatoms. The van der Waals surface area contributed by atoms with Crippen molar-refractivity contribution in [2.24, 2.45) is 4.99 Å². The van der Waals surface area contributed by atoms with Gasteiger partial charge in [-0.25, -0.2) is 9.97 Å². The van der Waals surface area contributed by atoms with Gasteiger partial charge < -0.3 is 4.90 Å². The Hall–Kier alpha value is -5.90. The molecule has 49 heavy (non-hydrogen) atoms. The molecule has 2 aromatic heterocycles. The Morgan fingerprint density at radius 3 is 2.12 bits per heavy atom. The number of nitrogens with zero attached hydrogens (tertiary/aromatic N) is 5. The van der Waals surface area contributed by atoms with Crippen LogP contribution in [0.3, 0.4) is 0 Å². The van der Waals surface area contributed by atoms with Crippen molar-refractivity contribution in [2.75, 3.05) is 4.90 Å². The molecule has 234 valence electrons. The van der Waals surface area contributed by atoms with E-state index >= 15 is 0 Å². The molecule has 0 saturated heterocycles. The molecule has 9 rings (SSSR count). The van der Waals surface area contributed by atoms with Crippen molar-refractivity contribution in [3.8, 4) is 39.6 Å². The van der Waals surface area contributed by atoms with Gasteiger partial charge in [0.1, 0.15) is 0 Å². The van der Waals surface area contributed by atoms with Gasteiger partial charge in [-0.05, 0) is 60.4 Å². The molecule has 5 nitrogen and oxygen atoms in total. The van der Waals surface area contributed by atoms with Crippen LogP contribution in [0, 0.1) is 6.92 Å². The lowest BCUT2D eigenvalue weighted by Gasteiger charge is -2.34. The Kier molecular flexibility index (Phi) is 6.96. The van der Waals surface area contributed by atoms with Crippen LogP contribution in [0.15, 0.2) is 145 Å². The predicted octanol–water partition coefficient (Wildman–Crippen LogP) is 10.4. The lowest BCUT2D eigenvalue weighted by molar-refractivity contribution is 0.957. The molecule has 0 saturated carbocycles. The highest BCUT2D eigenvalue weighted by molar-refractivity contribution is 7.27. The molecule has 1 unspecified atom stereocenters. The zero-order valence-electron chi connectivity index (χ0n) is 27.0. The van der Waals surface area contributed by atoms with Crippen molar-refractivity contribution in [3.05, 3.63) is 151 Å². The van der Waals surface area contributed by atoms with Gasteiger partial charge in [0.05, 0.1) is 39.5 Å². The topological polar surface area (TPSA) is 46.3 Å². The van der Waals surface area contributed by atoms with Crippen LogP contribution in [0.4, 0.5) is 17.1 Å². The maximum Gasteiger partial charge on any atom is 0.235 e. The quantitative estimate of drug-likeness (QED) is 0.138. The van der Waals surface area contributed by atoms with E-state index in [2.05, 4.69) is 165 Å². The zero-order valence-corrected chi connectivity index (χ0v) is 28.2. The summed E-state index contributed by atoms with van der Waals surface area (Å²) in [5, 5.41) is 3.43. The molecule has 6 aromatic carbocycles. The first-order valence-electron chi connectivity index (χ1n) is 16.4. The van der Waals surface area contributed by atoms with E-state index in [1.165, 1.54) is 16.7 Å². The molecular weight excluding hydrogens is 617 g/mol. The van der Waals surface area contributed by atoms with Gasteiger partial charge >= 0.3 is 0 Å². The summed E-state index contributed by atoms with van der Waals surface area (Å²) in [6.45, 7) is 6.72. The Morgan fingerprint density at radius 2 is 1.35 bits per heavy atom. The third-order valence-electron chi connectivity index (χ3n) is 9.53. The second kappa shape index (κ2) is 11.7. The van der Waals surface area contributed by atoms with Crippen LogP contribution in [0.1, 0.15) is 11.1 Å². The van der Waals surface area contributed by atoms with E-state index in [0.29, 0.717) is 5.95 Å². The van der Waals surface area contributed by atoms with E-state index in [1.807, 2.05) is 12.1 Å². The van der Waals surface area contributed by atoms with Crippen LogP contribution in [0.25, 0.3) is 61.4 Å². The highest BCUT2D eigenvalue weighted by Gasteiger charge is 2.29. The maximum absolute atomic E-state index is 5.34. The van der Waals surface area contributed by atoms with Crippen molar-refractivity contribution < 1.29 is 0 Å². The molecule has 0 N–H and O–H groups in total. The van der Waals surface area contributed by atoms with E-state index in [-0.39, 0.29) is 0 Å². The molecule has 0 amide bonds. The first-order chi connectivity index (χ1) is 24.1. The molecule has 0 aliphatic carbocycles. The highest BCUT2D eigenvalue weighted by Crippen LogP contribution is 2.50. The van der Waals surface area contributed by atoms with Crippen molar-refractivity contribution in [3.63, 3.8) is 0 Å². The second-order valence-electron chi connectivity index (χ2n) is 12.5. The van der Waals surface area contributed by atoms with Crippen molar-refractivity contribution in [2.45, 2.75) is 13.5 Å². The minimum Gasteiger partial charge on any atom is -0.335 e. The SMILES string of the molecule is C=Nc1ccccc1N1Cc2ccccc2-c2c1ccc1c3ccccc3n(-c3nc(-c4ccc(C)cc4)cc(-c4ccc(P)cc4)n3)c21. The number of rotatable bonds is 5. The molecule has 0 radical (unpaired) electrons. The van der Waals surface area contributed by atoms with Crippen LogP contribution in [0.2, 0.25) is 0 Å². The van der Waals surface area contributed by atoms with Crippen LogP contribution < -0.4 is 10.2 Å². The predicted molar refractivity (Wildman–Crippen MR) is 208 cm³/mol. The largest absolute Gasteiger partial charge is 0.335 e. The number of aryl methyl sites for hydroxylation is 1. The zero-order chi connectivity index (χ0) is 33.1. The number of para-hydroxylation sites is 3. The minimum absolute atomic E-state index is 0.630. The third-order valence-corrected chi connectivity index (χ3v) is 9.92. The van der Waals surface area contributed by atoms with E-state index in [0.717, 1.165) is 78.8 Å². The van der Waals surface area contributed by atoms with Gasteiger partial charge in [0, 0.05) is 34.0 Å². The summed E-state index contributed by atoms with van der Waals surface area (Å²) in [5.41, 5.74) is 13.7. The van der Waals surface area contributed by atoms with E-state index in [4.69, 9.17) is 9.97 Å². The molecule has 0 bridgehead atoms. The molecule has 3 heterocycles. The molecule has 1 aliphatic heterocycles. The van der Waals surface area contributed by atoms with E-state index in [9.17, 15) is 0 Å². The number of aliphatic imine (C=N–C) groups is 1. The first kappa shape index (κ1) is 29.3. The summed E-state index contributed by atoms with van der Waals surface area (Å²) in [7, 11) is 2.77. The Bertz CT molecular complexity index is 2500. The molecule has 1 aliphatic rings. The lowest BCUT2D eigenvalue weighted by Crippen LogP contribution is -2.22. The molecule has 0 spiro atoms. The van der Waals surface area contributed by atoms with E-state index in [1.54, 1.807) is 0 Å². The summed E-state index contributed by atoms with van der Waals surface area (Å²) >= 11 is 0. The van der Waals surface area contributed by atoms with Gasteiger partial charge in [-0.2, -0.15) is 0 Å². The molecule has 1 atom stereocenters. The molecule has 8 aromatic rings. The smallest absolute Gasteiger partial charge is 0.235 e. The maximum atomic E-state index is 5.34. The number of anilines is 2. The van der Waals surface area contributed by atoms with Crippen LogP contribution in [-0.2, 0) is 6.54 Å². The van der Waals surface area contributed by atoms with Crippen molar-refractivity contribution >= 4 is 60.1 Å². The minimum atomic E-state index is 0.630. The van der Waals surface area contributed by atoms with Gasteiger partial charge in [-0.15, -0.1) is 9.24 Å².